The molecule has 4 N–H and O–H groups in total. The molecule has 0 atom stereocenters. The lowest BCUT2D eigenvalue weighted by Gasteiger charge is -2.05. The number of aromatic amines is 1. The van der Waals surface area contributed by atoms with Gasteiger partial charge in [0.25, 0.3) is 5.56 Å². The fraction of sp³-hybridized carbons (Fsp3) is 0.208. The van der Waals surface area contributed by atoms with E-state index >= 15 is 0 Å². The highest BCUT2D eigenvalue weighted by atomic mass is 16.1. The fourth-order valence-electron chi connectivity index (χ4n) is 3.60. The Kier molecular flexibility index (Phi) is 6.45. The molecule has 0 saturated heterocycles. The molecule has 4 rings (SSSR count). The predicted octanol–water partition coefficient (Wildman–Crippen LogP) is 2.24. The van der Waals surface area contributed by atoms with Crippen LogP contribution in [0, 0.1) is 11.3 Å². The summed E-state index contributed by atoms with van der Waals surface area (Å²) in [5.74, 6) is 0.648. The van der Waals surface area contributed by atoms with Gasteiger partial charge in [-0.15, -0.1) is 0 Å². The summed E-state index contributed by atoms with van der Waals surface area (Å²) in [7, 11) is 0. The molecular formula is C24H23N7O2. The Morgan fingerprint density at radius 2 is 1.88 bits per heavy atom. The maximum absolute atomic E-state index is 12.2. The zero-order valence-electron chi connectivity index (χ0n) is 17.9. The summed E-state index contributed by atoms with van der Waals surface area (Å²) in [5, 5.41) is 17.4. The highest BCUT2D eigenvalue weighted by molar-refractivity contribution is 5.78. The molecule has 166 valence electrons. The second-order valence-corrected chi connectivity index (χ2v) is 7.55. The number of nitriles is 1. The number of nitrogens with two attached hydrogens (primary N) is 1. The second-order valence-electron chi connectivity index (χ2n) is 7.55. The van der Waals surface area contributed by atoms with Gasteiger partial charge in [0.2, 0.25) is 5.91 Å². The molecule has 0 radical (unpaired) electrons. The molecule has 9 heteroatoms. The van der Waals surface area contributed by atoms with Crippen molar-refractivity contribution in [2.24, 2.45) is 0 Å². The molecule has 2 aromatic carbocycles. The number of benzene rings is 2. The summed E-state index contributed by atoms with van der Waals surface area (Å²) in [6.07, 6.45) is 1.66. The van der Waals surface area contributed by atoms with Gasteiger partial charge in [0, 0.05) is 19.4 Å². The van der Waals surface area contributed by atoms with Crippen molar-refractivity contribution in [1.82, 2.24) is 25.1 Å². The van der Waals surface area contributed by atoms with Crippen molar-refractivity contribution in [3.8, 4) is 11.8 Å². The molecule has 0 aliphatic carbocycles. The van der Waals surface area contributed by atoms with E-state index in [-0.39, 0.29) is 17.9 Å². The average molecular weight is 441 g/mol. The normalized spacial score (nSPS) is 10.8. The van der Waals surface area contributed by atoms with Crippen molar-refractivity contribution < 1.29 is 4.79 Å². The van der Waals surface area contributed by atoms with Crippen LogP contribution in [-0.2, 0) is 17.6 Å². The first-order chi connectivity index (χ1) is 16.1. The molecule has 0 unspecified atom stereocenters. The number of carbonyl (C=O) groups is 1. The van der Waals surface area contributed by atoms with Crippen LogP contribution < -0.4 is 16.6 Å². The highest BCUT2D eigenvalue weighted by Gasteiger charge is 2.16. The number of amides is 1. The number of hydrogen-bond acceptors (Lipinski definition) is 6. The number of rotatable bonds is 8. The minimum atomic E-state index is -0.210. The van der Waals surface area contributed by atoms with Gasteiger partial charge in [0.05, 0.1) is 22.3 Å². The van der Waals surface area contributed by atoms with Crippen molar-refractivity contribution in [2.75, 3.05) is 12.3 Å². The standard InChI is InChI=1S/C24H23N7O2/c25-15-18-20(30-31(23(18)26)16-7-2-1-3-8-16)11-6-14-27-22(32)13-12-21-28-19-10-5-4-9-17(19)24(33)29-21/h1-5,7-10H,6,11-14,26H2,(H,27,32)(H,28,29,33). The number of hydrogen-bond donors (Lipinski definition) is 3. The van der Waals surface area contributed by atoms with E-state index < -0.39 is 0 Å². The summed E-state index contributed by atoms with van der Waals surface area (Å²) in [4.78, 5) is 31.5. The Bertz CT molecular complexity index is 1380. The van der Waals surface area contributed by atoms with Crippen LogP contribution in [0.25, 0.3) is 16.6 Å². The lowest BCUT2D eigenvalue weighted by molar-refractivity contribution is -0.121. The van der Waals surface area contributed by atoms with Crippen LogP contribution in [0.2, 0.25) is 0 Å². The van der Waals surface area contributed by atoms with Gasteiger partial charge in [0.15, 0.2) is 0 Å². The Hall–Kier alpha value is -4.45. The van der Waals surface area contributed by atoms with Crippen LogP contribution in [0.5, 0.6) is 0 Å². The first-order valence-corrected chi connectivity index (χ1v) is 10.6. The summed E-state index contributed by atoms with van der Waals surface area (Å²) in [6.45, 7) is 0.434. The number of H-pyrrole nitrogens is 1. The number of fused-ring (bicyclic) bond motifs is 1. The van der Waals surface area contributed by atoms with Gasteiger partial charge in [-0.2, -0.15) is 10.4 Å². The number of carbonyl (C=O) groups excluding carboxylic acids is 1. The smallest absolute Gasteiger partial charge is 0.258 e. The Morgan fingerprint density at radius 1 is 1.12 bits per heavy atom. The quantitative estimate of drug-likeness (QED) is 0.358. The molecule has 0 fully saturated rings. The third-order valence-corrected chi connectivity index (χ3v) is 5.27. The van der Waals surface area contributed by atoms with Gasteiger partial charge < -0.3 is 16.0 Å². The van der Waals surface area contributed by atoms with E-state index in [0.717, 1.165) is 5.69 Å². The number of nitrogens with zero attached hydrogens (tertiary/aromatic N) is 4. The van der Waals surface area contributed by atoms with E-state index in [4.69, 9.17) is 5.73 Å². The SMILES string of the molecule is N#Cc1c(CCCNC(=O)CCc2nc3ccccc3c(=O)[nH]2)nn(-c2ccccc2)c1N. The summed E-state index contributed by atoms with van der Waals surface area (Å²) < 4.78 is 1.56. The Morgan fingerprint density at radius 3 is 2.67 bits per heavy atom. The van der Waals surface area contributed by atoms with Crippen LogP contribution >= 0.6 is 0 Å². The van der Waals surface area contributed by atoms with E-state index in [1.54, 1.807) is 22.9 Å². The number of nitrogens with one attached hydrogen (secondary N) is 2. The Labute approximate surface area is 189 Å². The summed E-state index contributed by atoms with van der Waals surface area (Å²) >= 11 is 0. The minimum Gasteiger partial charge on any atom is -0.382 e. The third kappa shape index (κ3) is 4.91. The van der Waals surface area contributed by atoms with Crippen molar-refractivity contribution in [3.63, 3.8) is 0 Å². The van der Waals surface area contributed by atoms with E-state index in [9.17, 15) is 14.9 Å². The van der Waals surface area contributed by atoms with Crippen LogP contribution in [-0.4, -0.2) is 32.2 Å². The largest absolute Gasteiger partial charge is 0.382 e. The van der Waals surface area contributed by atoms with Crippen LogP contribution in [0.4, 0.5) is 5.82 Å². The zero-order valence-corrected chi connectivity index (χ0v) is 17.9. The second kappa shape index (κ2) is 9.78. The lowest BCUT2D eigenvalue weighted by atomic mass is 10.1. The van der Waals surface area contributed by atoms with Crippen molar-refractivity contribution in [3.05, 3.63) is 82.0 Å². The van der Waals surface area contributed by atoms with Gasteiger partial charge in [-0.25, -0.2) is 9.67 Å². The van der Waals surface area contributed by atoms with Crippen LogP contribution in [0.1, 0.15) is 29.9 Å². The fourth-order valence-corrected chi connectivity index (χ4v) is 3.60. The molecule has 2 aromatic heterocycles. The molecule has 0 aliphatic rings. The predicted molar refractivity (Wildman–Crippen MR) is 125 cm³/mol. The highest BCUT2D eigenvalue weighted by Crippen LogP contribution is 2.21. The molecule has 1 amide bonds. The van der Waals surface area contributed by atoms with Crippen LogP contribution in [0.3, 0.4) is 0 Å². The third-order valence-electron chi connectivity index (χ3n) is 5.27. The van der Waals surface area contributed by atoms with Crippen molar-refractivity contribution >= 4 is 22.6 Å². The van der Waals surface area contributed by atoms with Crippen molar-refractivity contribution in [1.29, 1.82) is 5.26 Å². The summed E-state index contributed by atoms with van der Waals surface area (Å²) in [5.41, 5.74) is 8.26. The van der Waals surface area contributed by atoms with Gasteiger partial charge in [0.1, 0.15) is 23.3 Å². The number of aryl methyl sites for hydroxylation is 2. The Balaban J connectivity index is 1.29. The van der Waals surface area contributed by atoms with E-state index in [2.05, 4.69) is 26.5 Å². The zero-order chi connectivity index (χ0) is 23.2. The number of aromatic nitrogens is 4. The van der Waals surface area contributed by atoms with Crippen LogP contribution in [0.15, 0.2) is 59.4 Å². The van der Waals surface area contributed by atoms with E-state index in [0.29, 0.717) is 59.6 Å². The van der Waals surface area contributed by atoms with E-state index in [1.165, 1.54) is 0 Å². The minimum absolute atomic E-state index is 0.138. The van der Waals surface area contributed by atoms with Gasteiger partial charge in [-0.1, -0.05) is 30.3 Å². The topological polar surface area (TPSA) is 142 Å². The lowest BCUT2D eigenvalue weighted by Crippen LogP contribution is -2.25. The van der Waals surface area contributed by atoms with Gasteiger partial charge >= 0.3 is 0 Å². The molecule has 2 heterocycles. The molecule has 9 nitrogen and oxygen atoms in total. The number of nitrogen functional groups attached to an aromatic ring is 1. The molecule has 0 aliphatic heterocycles. The molecule has 0 saturated carbocycles. The summed E-state index contributed by atoms with van der Waals surface area (Å²) in [6, 6.07) is 18.6. The first-order valence-electron chi connectivity index (χ1n) is 10.6. The first kappa shape index (κ1) is 21.8. The van der Waals surface area contributed by atoms with Gasteiger partial charge in [-0.05, 0) is 37.1 Å². The number of anilines is 1. The molecule has 0 spiro atoms. The molecule has 4 aromatic rings. The molecule has 33 heavy (non-hydrogen) atoms. The molecular weight excluding hydrogens is 418 g/mol. The monoisotopic (exact) mass is 441 g/mol. The van der Waals surface area contributed by atoms with Gasteiger partial charge in [-0.3, -0.25) is 9.59 Å². The maximum atomic E-state index is 12.2. The van der Waals surface area contributed by atoms with Crippen molar-refractivity contribution in [2.45, 2.75) is 25.7 Å². The molecule has 0 bridgehead atoms. The van der Waals surface area contributed by atoms with E-state index in [1.807, 2.05) is 36.4 Å². The maximum Gasteiger partial charge on any atom is 0.258 e. The number of para-hydroxylation sites is 2. The average Bonchev–Trinajstić information content (AvgIpc) is 3.16.